The van der Waals surface area contributed by atoms with E-state index < -0.39 is 12.0 Å². The number of aryl methyl sites for hydroxylation is 2. The molecule has 0 heterocycles. The predicted octanol–water partition coefficient (Wildman–Crippen LogP) is 2.88. The Morgan fingerprint density at radius 3 is 2.63 bits per heavy atom. The van der Waals surface area contributed by atoms with Crippen molar-refractivity contribution in [3.05, 3.63) is 47.5 Å². The molecule has 3 N–H and O–H groups in total. The first-order valence-corrected chi connectivity index (χ1v) is 6.54. The highest BCUT2D eigenvalue weighted by atomic mass is 16.4. The summed E-state index contributed by atoms with van der Waals surface area (Å²) in [6.07, 6.45) is 2.18. The maximum Gasteiger partial charge on any atom is 0.320 e. The van der Waals surface area contributed by atoms with E-state index in [2.05, 4.69) is 43.3 Å². The van der Waals surface area contributed by atoms with Gasteiger partial charge in [0.05, 0.1) is 0 Å². The Kier molecular flexibility index (Phi) is 4.17. The zero-order chi connectivity index (χ0) is 13.8. The van der Waals surface area contributed by atoms with Gasteiger partial charge in [0, 0.05) is 0 Å². The second kappa shape index (κ2) is 5.85. The molecule has 0 radical (unpaired) electrons. The van der Waals surface area contributed by atoms with Crippen LogP contribution in [0.4, 0.5) is 0 Å². The van der Waals surface area contributed by atoms with Gasteiger partial charge in [-0.1, -0.05) is 42.0 Å². The highest BCUT2D eigenvalue weighted by molar-refractivity contribution is 5.83. The number of hydrogen-bond donors (Lipinski definition) is 2. The van der Waals surface area contributed by atoms with Gasteiger partial charge in [-0.25, -0.2) is 0 Å². The number of nitrogens with two attached hydrogens (primary N) is 1. The molecule has 0 aliphatic carbocycles. The van der Waals surface area contributed by atoms with Gasteiger partial charge in [-0.3, -0.25) is 4.79 Å². The van der Waals surface area contributed by atoms with E-state index in [1.54, 1.807) is 0 Å². The summed E-state index contributed by atoms with van der Waals surface area (Å²) in [6, 6.07) is 12.0. The van der Waals surface area contributed by atoms with Crippen molar-refractivity contribution in [3.63, 3.8) is 0 Å². The van der Waals surface area contributed by atoms with Gasteiger partial charge in [0.25, 0.3) is 0 Å². The van der Waals surface area contributed by atoms with Crippen LogP contribution in [0.3, 0.4) is 0 Å². The molecule has 2 aromatic carbocycles. The van der Waals surface area contributed by atoms with Crippen LogP contribution in [0.5, 0.6) is 0 Å². The SMILES string of the molecule is Cc1ccc2cc(CCCC(N)C(=O)O)ccc2c1. The zero-order valence-electron chi connectivity index (χ0n) is 11.1. The average molecular weight is 257 g/mol. The summed E-state index contributed by atoms with van der Waals surface area (Å²) < 4.78 is 0. The average Bonchev–Trinajstić information content (AvgIpc) is 2.38. The van der Waals surface area contributed by atoms with Gasteiger partial charge in [0.2, 0.25) is 0 Å². The van der Waals surface area contributed by atoms with Crippen LogP contribution in [-0.4, -0.2) is 17.1 Å². The minimum Gasteiger partial charge on any atom is -0.480 e. The Labute approximate surface area is 113 Å². The predicted molar refractivity (Wildman–Crippen MR) is 77.2 cm³/mol. The zero-order valence-corrected chi connectivity index (χ0v) is 11.1. The fourth-order valence-corrected chi connectivity index (χ4v) is 2.22. The number of carbonyl (C=O) groups is 1. The molecule has 0 fully saturated rings. The van der Waals surface area contributed by atoms with Crippen molar-refractivity contribution in [1.29, 1.82) is 0 Å². The van der Waals surface area contributed by atoms with Crippen molar-refractivity contribution in [2.75, 3.05) is 0 Å². The molecular formula is C16H19NO2. The molecule has 0 bridgehead atoms. The summed E-state index contributed by atoms with van der Waals surface area (Å²) in [6.45, 7) is 2.08. The summed E-state index contributed by atoms with van der Waals surface area (Å²) in [7, 11) is 0. The molecule has 0 saturated heterocycles. The number of fused-ring (bicyclic) bond motifs is 1. The first-order valence-electron chi connectivity index (χ1n) is 6.54. The van der Waals surface area contributed by atoms with Crippen molar-refractivity contribution >= 4 is 16.7 Å². The minimum atomic E-state index is -0.922. The van der Waals surface area contributed by atoms with Gasteiger partial charge >= 0.3 is 5.97 Å². The molecule has 100 valence electrons. The van der Waals surface area contributed by atoms with E-state index in [4.69, 9.17) is 10.8 Å². The van der Waals surface area contributed by atoms with Crippen LogP contribution in [0.2, 0.25) is 0 Å². The highest BCUT2D eigenvalue weighted by Crippen LogP contribution is 2.19. The van der Waals surface area contributed by atoms with Crippen LogP contribution in [0.15, 0.2) is 36.4 Å². The molecule has 1 unspecified atom stereocenters. The lowest BCUT2D eigenvalue weighted by molar-refractivity contribution is -0.138. The maximum atomic E-state index is 10.6. The van der Waals surface area contributed by atoms with E-state index in [0.717, 1.165) is 12.8 Å². The molecule has 3 nitrogen and oxygen atoms in total. The fourth-order valence-electron chi connectivity index (χ4n) is 2.22. The topological polar surface area (TPSA) is 63.3 Å². The van der Waals surface area contributed by atoms with Gasteiger partial charge < -0.3 is 10.8 Å². The molecule has 0 saturated carbocycles. The molecule has 2 rings (SSSR count). The van der Waals surface area contributed by atoms with Crippen molar-refractivity contribution in [3.8, 4) is 0 Å². The van der Waals surface area contributed by atoms with Crippen molar-refractivity contribution in [2.45, 2.75) is 32.2 Å². The van der Waals surface area contributed by atoms with E-state index in [1.165, 1.54) is 21.9 Å². The van der Waals surface area contributed by atoms with Crippen molar-refractivity contribution < 1.29 is 9.90 Å². The third-order valence-corrected chi connectivity index (χ3v) is 3.36. The van der Waals surface area contributed by atoms with E-state index in [0.29, 0.717) is 6.42 Å². The van der Waals surface area contributed by atoms with Crippen LogP contribution in [-0.2, 0) is 11.2 Å². The number of carboxylic acid groups (broad SMARTS) is 1. The standard InChI is InChI=1S/C16H19NO2/c1-11-5-7-14-10-12(6-8-13(14)9-11)3-2-4-15(17)16(18)19/h5-10,15H,2-4,17H2,1H3,(H,18,19). The quantitative estimate of drug-likeness (QED) is 0.865. The van der Waals surface area contributed by atoms with Gasteiger partial charge in [0.15, 0.2) is 0 Å². The second-order valence-corrected chi connectivity index (χ2v) is 5.02. The monoisotopic (exact) mass is 257 g/mol. The van der Waals surface area contributed by atoms with E-state index in [9.17, 15) is 4.79 Å². The van der Waals surface area contributed by atoms with Crippen LogP contribution in [0, 0.1) is 6.92 Å². The lowest BCUT2D eigenvalue weighted by atomic mass is 10.0. The first-order chi connectivity index (χ1) is 9.06. The summed E-state index contributed by atoms with van der Waals surface area (Å²) >= 11 is 0. The Morgan fingerprint density at radius 1 is 1.21 bits per heavy atom. The molecule has 0 aliphatic rings. The molecule has 2 aromatic rings. The molecule has 0 spiro atoms. The van der Waals surface area contributed by atoms with E-state index >= 15 is 0 Å². The largest absolute Gasteiger partial charge is 0.480 e. The third-order valence-electron chi connectivity index (χ3n) is 3.36. The van der Waals surface area contributed by atoms with Gasteiger partial charge in [-0.15, -0.1) is 0 Å². The Bertz CT molecular complexity index is 592. The summed E-state index contributed by atoms with van der Waals surface area (Å²) in [5, 5.41) is 11.2. The van der Waals surface area contributed by atoms with E-state index in [1.807, 2.05) is 0 Å². The Morgan fingerprint density at radius 2 is 1.89 bits per heavy atom. The van der Waals surface area contributed by atoms with Crippen molar-refractivity contribution in [2.24, 2.45) is 5.73 Å². The van der Waals surface area contributed by atoms with E-state index in [-0.39, 0.29) is 0 Å². The normalized spacial score (nSPS) is 12.5. The second-order valence-electron chi connectivity index (χ2n) is 5.02. The smallest absolute Gasteiger partial charge is 0.320 e. The third kappa shape index (κ3) is 3.55. The molecule has 19 heavy (non-hydrogen) atoms. The lowest BCUT2D eigenvalue weighted by Gasteiger charge is -2.07. The van der Waals surface area contributed by atoms with Crippen LogP contribution < -0.4 is 5.73 Å². The van der Waals surface area contributed by atoms with Crippen molar-refractivity contribution in [1.82, 2.24) is 0 Å². The molecule has 1 atom stereocenters. The molecule has 0 aromatic heterocycles. The molecule has 3 heteroatoms. The lowest BCUT2D eigenvalue weighted by Crippen LogP contribution is -2.29. The minimum absolute atomic E-state index is 0.515. The van der Waals surface area contributed by atoms with Crippen LogP contribution >= 0.6 is 0 Å². The Balaban J connectivity index is 2.02. The highest BCUT2D eigenvalue weighted by Gasteiger charge is 2.10. The van der Waals surface area contributed by atoms with Crippen LogP contribution in [0.1, 0.15) is 24.0 Å². The summed E-state index contributed by atoms with van der Waals surface area (Å²) in [5.74, 6) is -0.922. The maximum absolute atomic E-state index is 10.6. The first kappa shape index (κ1) is 13.6. The number of benzene rings is 2. The number of hydrogen-bond acceptors (Lipinski definition) is 2. The molecule has 0 amide bonds. The molecular weight excluding hydrogens is 238 g/mol. The number of carboxylic acids is 1. The van der Waals surface area contributed by atoms with Gasteiger partial charge in [-0.2, -0.15) is 0 Å². The van der Waals surface area contributed by atoms with Gasteiger partial charge in [-0.05, 0) is 42.5 Å². The summed E-state index contributed by atoms with van der Waals surface area (Å²) in [5.41, 5.74) is 7.98. The molecule has 0 aliphatic heterocycles. The number of rotatable bonds is 5. The Hall–Kier alpha value is -1.87. The number of aliphatic carboxylic acids is 1. The van der Waals surface area contributed by atoms with Gasteiger partial charge in [0.1, 0.15) is 6.04 Å². The summed E-state index contributed by atoms with van der Waals surface area (Å²) in [4.78, 5) is 10.6. The van der Waals surface area contributed by atoms with Crippen LogP contribution in [0.25, 0.3) is 10.8 Å². The fraction of sp³-hybridized carbons (Fsp3) is 0.312.